The van der Waals surface area contributed by atoms with Gasteiger partial charge >= 0.3 is 6.09 Å². The molecule has 0 aromatic heterocycles. The maximum absolute atomic E-state index is 12.7. The number of amides is 2. The number of hydrogen-bond donors (Lipinski definition) is 2. The summed E-state index contributed by atoms with van der Waals surface area (Å²) in [6.45, 7) is 6.34. The molecule has 142 valence electrons. The molecule has 0 saturated heterocycles. The normalized spacial score (nSPS) is 16.8. The number of alkyl carbamates (subject to hydrolysis) is 1. The average molecular weight is 367 g/mol. The average Bonchev–Trinajstić information content (AvgIpc) is 2.72. The van der Waals surface area contributed by atoms with E-state index in [1.165, 1.54) is 0 Å². The van der Waals surface area contributed by atoms with E-state index in [4.69, 9.17) is 4.74 Å². The minimum Gasteiger partial charge on any atom is -0.444 e. The Morgan fingerprint density at radius 3 is 2.52 bits per heavy atom. The summed E-state index contributed by atoms with van der Waals surface area (Å²) in [4.78, 5) is 26.9. The molecule has 0 fully saturated rings. The van der Waals surface area contributed by atoms with Crippen molar-refractivity contribution in [1.29, 1.82) is 0 Å². The molecule has 2 N–H and O–H groups in total. The van der Waals surface area contributed by atoms with Crippen LogP contribution in [-0.4, -0.2) is 30.2 Å². The number of para-hydroxylation sites is 2. The number of nitrogens with one attached hydrogen (secondary N) is 2. The number of rotatable bonds is 3. The molecule has 3 rings (SSSR count). The summed E-state index contributed by atoms with van der Waals surface area (Å²) in [7, 11) is 0. The first-order valence-corrected chi connectivity index (χ1v) is 9.00. The van der Waals surface area contributed by atoms with Crippen molar-refractivity contribution in [3.63, 3.8) is 0 Å². The van der Waals surface area contributed by atoms with Gasteiger partial charge in [0.25, 0.3) is 0 Å². The maximum atomic E-state index is 12.7. The van der Waals surface area contributed by atoms with Gasteiger partial charge < -0.3 is 20.3 Å². The zero-order valence-corrected chi connectivity index (χ0v) is 15.9. The molecule has 6 nitrogen and oxygen atoms in total. The molecular weight excluding hydrogens is 342 g/mol. The van der Waals surface area contributed by atoms with E-state index in [9.17, 15) is 9.59 Å². The van der Waals surface area contributed by atoms with Crippen LogP contribution >= 0.6 is 0 Å². The van der Waals surface area contributed by atoms with Crippen molar-refractivity contribution in [2.24, 2.45) is 0 Å². The van der Waals surface area contributed by atoms with Gasteiger partial charge in [0.2, 0.25) is 5.91 Å². The van der Waals surface area contributed by atoms with E-state index in [0.717, 1.165) is 16.9 Å². The molecule has 2 aromatic carbocycles. The van der Waals surface area contributed by atoms with Crippen LogP contribution in [-0.2, 0) is 16.1 Å². The fourth-order valence-corrected chi connectivity index (χ4v) is 2.99. The smallest absolute Gasteiger partial charge is 0.408 e. The predicted octanol–water partition coefficient (Wildman–Crippen LogP) is 3.54. The highest BCUT2D eigenvalue weighted by Gasteiger charge is 2.30. The van der Waals surface area contributed by atoms with Crippen molar-refractivity contribution in [2.75, 3.05) is 16.8 Å². The molecule has 1 aliphatic heterocycles. The summed E-state index contributed by atoms with van der Waals surface area (Å²) >= 11 is 0. The second-order valence-electron chi connectivity index (χ2n) is 7.57. The first-order chi connectivity index (χ1) is 12.8. The third-order valence-corrected chi connectivity index (χ3v) is 4.13. The molecule has 0 radical (unpaired) electrons. The number of anilines is 2. The third-order valence-electron chi connectivity index (χ3n) is 4.13. The number of benzene rings is 2. The van der Waals surface area contributed by atoms with Gasteiger partial charge in [0.1, 0.15) is 11.6 Å². The quantitative estimate of drug-likeness (QED) is 0.871. The Kier molecular flexibility index (Phi) is 5.35. The van der Waals surface area contributed by atoms with Crippen LogP contribution in [0.25, 0.3) is 0 Å². The highest BCUT2D eigenvalue weighted by atomic mass is 16.6. The Hall–Kier alpha value is -3.02. The van der Waals surface area contributed by atoms with Gasteiger partial charge in [0, 0.05) is 13.1 Å². The molecule has 1 heterocycles. The summed E-state index contributed by atoms with van der Waals surface area (Å²) in [6.07, 6.45) is -0.603. The number of carbonyl (C=O) groups is 2. The SMILES string of the molecule is CC(C)(C)OC(=O)N[C@H]1CN(Cc2ccccc2)c2ccccc2NC1=O. The molecule has 0 unspecified atom stereocenters. The van der Waals surface area contributed by atoms with Gasteiger partial charge in [-0.15, -0.1) is 0 Å². The van der Waals surface area contributed by atoms with Gasteiger partial charge in [-0.1, -0.05) is 42.5 Å². The Bertz CT molecular complexity index is 815. The molecule has 27 heavy (non-hydrogen) atoms. The van der Waals surface area contributed by atoms with Crippen molar-refractivity contribution in [1.82, 2.24) is 5.32 Å². The number of ether oxygens (including phenoxy) is 1. The summed E-state index contributed by atoms with van der Waals surface area (Å²) in [5.41, 5.74) is 2.14. The van der Waals surface area contributed by atoms with Crippen LogP contribution in [0.2, 0.25) is 0 Å². The second kappa shape index (κ2) is 7.70. The minimum absolute atomic E-state index is 0.260. The van der Waals surface area contributed by atoms with Crippen molar-refractivity contribution in [3.8, 4) is 0 Å². The summed E-state index contributed by atoms with van der Waals surface area (Å²) < 4.78 is 5.31. The highest BCUT2D eigenvalue weighted by molar-refractivity contribution is 6.01. The van der Waals surface area contributed by atoms with E-state index in [0.29, 0.717) is 13.1 Å². The van der Waals surface area contributed by atoms with E-state index in [1.54, 1.807) is 20.8 Å². The summed E-state index contributed by atoms with van der Waals surface area (Å²) in [6, 6.07) is 16.9. The Morgan fingerprint density at radius 1 is 1.15 bits per heavy atom. The van der Waals surface area contributed by atoms with Gasteiger partial charge in [-0.3, -0.25) is 4.79 Å². The minimum atomic E-state index is -0.726. The van der Waals surface area contributed by atoms with Crippen molar-refractivity contribution >= 4 is 23.4 Å². The molecule has 6 heteroatoms. The van der Waals surface area contributed by atoms with Gasteiger partial charge in [-0.25, -0.2) is 4.79 Å². The van der Waals surface area contributed by atoms with Crippen LogP contribution in [0.15, 0.2) is 54.6 Å². The second-order valence-corrected chi connectivity index (χ2v) is 7.57. The maximum Gasteiger partial charge on any atom is 0.408 e. The monoisotopic (exact) mass is 367 g/mol. The van der Waals surface area contributed by atoms with E-state index >= 15 is 0 Å². The van der Waals surface area contributed by atoms with Gasteiger partial charge in [-0.2, -0.15) is 0 Å². The van der Waals surface area contributed by atoms with Crippen molar-refractivity contribution in [3.05, 3.63) is 60.2 Å². The number of nitrogens with zero attached hydrogens (tertiary/aromatic N) is 1. The number of hydrogen-bond acceptors (Lipinski definition) is 4. The zero-order valence-electron chi connectivity index (χ0n) is 15.9. The fraction of sp³-hybridized carbons (Fsp3) is 0.333. The van der Waals surface area contributed by atoms with Crippen LogP contribution in [0.5, 0.6) is 0 Å². The van der Waals surface area contributed by atoms with Crippen LogP contribution in [0.3, 0.4) is 0 Å². The molecular formula is C21H25N3O3. The molecule has 1 atom stereocenters. The highest BCUT2D eigenvalue weighted by Crippen LogP contribution is 2.29. The third kappa shape index (κ3) is 5.00. The van der Waals surface area contributed by atoms with Crippen molar-refractivity contribution < 1.29 is 14.3 Å². The van der Waals surface area contributed by atoms with Crippen LogP contribution < -0.4 is 15.5 Å². The first kappa shape index (κ1) is 18.8. The fourth-order valence-electron chi connectivity index (χ4n) is 2.99. The lowest BCUT2D eigenvalue weighted by molar-refractivity contribution is -0.117. The first-order valence-electron chi connectivity index (χ1n) is 9.00. The van der Waals surface area contributed by atoms with Crippen LogP contribution in [0.4, 0.5) is 16.2 Å². The molecule has 0 bridgehead atoms. The Labute approximate surface area is 159 Å². The van der Waals surface area contributed by atoms with E-state index in [-0.39, 0.29) is 5.91 Å². The largest absolute Gasteiger partial charge is 0.444 e. The lowest BCUT2D eigenvalue weighted by Gasteiger charge is -2.27. The van der Waals surface area contributed by atoms with Gasteiger partial charge in [-0.05, 0) is 38.5 Å². The standard InChI is InChI=1S/C21H25N3O3/c1-21(2,3)27-20(26)23-17-14-24(13-15-9-5-4-6-10-15)18-12-8-7-11-16(18)22-19(17)25/h4-12,17H,13-14H2,1-3H3,(H,22,25)(H,23,26)/t17-/m0/s1. The molecule has 0 saturated carbocycles. The van der Waals surface area contributed by atoms with E-state index in [2.05, 4.69) is 15.5 Å². The van der Waals surface area contributed by atoms with Crippen LogP contribution in [0.1, 0.15) is 26.3 Å². The molecule has 2 aromatic rings. The predicted molar refractivity (Wildman–Crippen MR) is 106 cm³/mol. The van der Waals surface area contributed by atoms with E-state index in [1.807, 2.05) is 54.6 Å². The summed E-state index contributed by atoms with van der Waals surface area (Å²) in [5, 5.41) is 5.61. The van der Waals surface area contributed by atoms with Crippen LogP contribution in [0, 0.1) is 0 Å². The Morgan fingerprint density at radius 2 is 1.81 bits per heavy atom. The lowest BCUT2D eigenvalue weighted by atomic mass is 10.1. The molecule has 0 spiro atoms. The summed E-state index contributed by atoms with van der Waals surface area (Å²) in [5.74, 6) is -0.260. The zero-order chi connectivity index (χ0) is 19.4. The topological polar surface area (TPSA) is 70.7 Å². The lowest BCUT2D eigenvalue weighted by Crippen LogP contribution is -2.50. The molecule has 0 aliphatic carbocycles. The van der Waals surface area contributed by atoms with Crippen molar-refractivity contribution in [2.45, 2.75) is 39.0 Å². The van der Waals surface area contributed by atoms with Gasteiger partial charge in [0.15, 0.2) is 0 Å². The Balaban J connectivity index is 1.84. The molecule has 1 aliphatic rings. The van der Waals surface area contributed by atoms with E-state index < -0.39 is 17.7 Å². The number of fused-ring (bicyclic) bond motifs is 1. The van der Waals surface area contributed by atoms with Gasteiger partial charge in [0.05, 0.1) is 11.4 Å². The number of carbonyl (C=O) groups excluding carboxylic acids is 2. The molecule has 2 amide bonds.